The van der Waals surface area contributed by atoms with E-state index in [0.717, 1.165) is 32.1 Å². The summed E-state index contributed by atoms with van der Waals surface area (Å²) < 4.78 is 0. The lowest BCUT2D eigenvalue weighted by Crippen LogP contribution is -2.29. The molecule has 0 aliphatic heterocycles. The summed E-state index contributed by atoms with van der Waals surface area (Å²) in [6, 6.07) is 0.223. The molecule has 0 atom stereocenters. The summed E-state index contributed by atoms with van der Waals surface area (Å²) in [5, 5.41) is 5.43. The molecule has 0 saturated carbocycles. The molecule has 2 amide bonds. The predicted molar refractivity (Wildman–Crippen MR) is 85.3 cm³/mol. The van der Waals surface area contributed by atoms with Crippen LogP contribution in [0.15, 0.2) is 12.8 Å². The van der Waals surface area contributed by atoms with Gasteiger partial charge in [0.15, 0.2) is 0 Å². The number of amides is 2. The van der Waals surface area contributed by atoms with E-state index in [-0.39, 0.29) is 17.9 Å². The van der Waals surface area contributed by atoms with E-state index >= 15 is 0 Å². The highest BCUT2D eigenvalue weighted by molar-refractivity contribution is 5.76. The molecule has 0 fully saturated rings. The van der Waals surface area contributed by atoms with Gasteiger partial charge < -0.3 is 10.6 Å². The summed E-state index contributed by atoms with van der Waals surface area (Å²) in [5.74, 6) is 0.164. The molecule has 0 aromatic carbocycles. The van der Waals surface area contributed by atoms with Crippen LogP contribution < -0.4 is 10.6 Å². The third-order valence-electron chi connectivity index (χ3n) is 2.52. The first-order valence-corrected chi connectivity index (χ1v) is 7.76. The molecule has 0 rings (SSSR count). The molecule has 0 aromatic rings. The highest BCUT2D eigenvalue weighted by Crippen LogP contribution is 2.07. The van der Waals surface area contributed by atoms with Crippen molar-refractivity contribution in [1.82, 2.24) is 10.6 Å². The second-order valence-corrected chi connectivity index (χ2v) is 4.76. The van der Waals surface area contributed by atoms with E-state index in [1.165, 1.54) is 6.20 Å². The molecule has 0 radical (unpaired) electrons. The fraction of sp³-hybridized carbons (Fsp3) is 0.750. The Hall–Kier alpha value is -1.32. The third-order valence-corrected chi connectivity index (χ3v) is 2.52. The standard InChI is InChI=1S/C14H26N2O2.C2H6/c1-4-15-13(17)10-8-6-5-7-9-11-14(18)16-12(2)3;1-2/h4,12H,1,5-11H2,2-3H3,(H,15,17)(H,16,18);1-2H3. The smallest absolute Gasteiger partial charge is 0.223 e. The first kappa shape index (κ1) is 21.0. The average molecular weight is 284 g/mol. The maximum atomic E-state index is 11.3. The van der Waals surface area contributed by atoms with Crippen LogP contribution >= 0.6 is 0 Å². The van der Waals surface area contributed by atoms with Gasteiger partial charge in [0.2, 0.25) is 11.8 Å². The van der Waals surface area contributed by atoms with Gasteiger partial charge in [0, 0.05) is 18.9 Å². The predicted octanol–water partition coefficient (Wildman–Crippen LogP) is 3.53. The maximum absolute atomic E-state index is 11.3. The van der Waals surface area contributed by atoms with E-state index in [9.17, 15) is 9.59 Å². The van der Waals surface area contributed by atoms with E-state index in [2.05, 4.69) is 17.2 Å². The Morgan fingerprint density at radius 2 is 1.40 bits per heavy atom. The summed E-state index contributed by atoms with van der Waals surface area (Å²) in [5.41, 5.74) is 0. The van der Waals surface area contributed by atoms with E-state index in [1.54, 1.807) is 0 Å². The zero-order valence-corrected chi connectivity index (χ0v) is 13.6. The summed E-state index contributed by atoms with van der Waals surface area (Å²) >= 11 is 0. The molecule has 0 aliphatic carbocycles. The monoisotopic (exact) mass is 284 g/mol. The molecular weight excluding hydrogens is 252 g/mol. The molecule has 0 bridgehead atoms. The quantitative estimate of drug-likeness (QED) is 0.603. The summed E-state index contributed by atoms with van der Waals surface area (Å²) in [4.78, 5) is 22.4. The maximum Gasteiger partial charge on any atom is 0.223 e. The normalized spacial score (nSPS) is 9.45. The lowest BCUT2D eigenvalue weighted by molar-refractivity contribution is -0.122. The molecule has 118 valence electrons. The van der Waals surface area contributed by atoms with Gasteiger partial charge in [-0.05, 0) is 32.9 Å². The molecule has 0 unspecified atom stereocenters. The van der Waals surface area contributed by atoms with Crippen molar-refractivity contribution in [2.45, 2.75) is 78.7 Å². The van der Waals surface area contributed by atoms with Crippen molar-refractivity contribution in [3.63, 3.8) is 0 Å². The van der Waals surface area contributed by atoms with Gasteiger partial charge in [-0.15, -0.1) is 0 Å². The van der Waals surface area contributed by atoms with Crippen LogP contribution in [-0.4, -0.2) is 17.9 Å². The number of unbranched alkanes of at least 4 members (excludes halogenated alkanes) is 4. The number of hydrogen-bond acceptors (Lipinski definition) is 2. The average Bonchev–Trinajstić information content (AvgIpc) is 2.39. The molecule has 4 heteroatoms. The highest BCUT2D eigenvalue weighted by Gasteiger charge is 2.02. The van der Waals surface area contributed by atoms with Crippen LogP contribution in [-0.2, 0) is 9.59 Å². The fourth-order valence-corrected chi connectivity index (χ4v) is 1.68. The molecule has 0 aromatic heterocycles. The van der Waals surface area contributed by atoms with Crippen molar-refractivity contribution in [2.24, 2.45) is 0 Å². The van der Waals surface area contributed by atoms with E-state index in [1.807, 2.05) is 27.7 Å². The van der Waals surface area contributed by atoms with Gasteiger partial charge in [-0.3, -0.25) is 9.59 Å². The van der Waals surface area contributed by atoms with E-state index < -0.39 is 0 Å². The lowest BCUT2D eigenvalue weighted by Gasteiger charge is -2.07. The number of nitrogens with one attached hydrogen (secondary N) is 2. The van der Waals surface area contributed by atoms with Crippen molar-refractivity contribution < 1.29 is 9.59 Å². The Kier molecular flexibility index (Phi) is 16.5. The lowest BCUT2D eigenvalue weighted by atomic mass is 10.1. The van der Waals surface area contributed by atoms with Crippen LogP contribution in [0.3, 0.4) is 0 Å². The second-order valence-electron chi connectivity index (χ2n) is 4.76. The Morgan fingerprint density at radius 1 is 0.950 bits per heavy atom. The van der Waals surface area contributed by atoms with Crippen LogP contribution in [0.25, 0.3) is 0 Å². The molecule has 0 aliphatic rings. The molecule has 20 heavy (non-hydrogen) atoms. The third kappa shape index (κ3) is 16.7. The van der Waals surface area contributed by atoms with Gasteiger partial charge in [-0.25, -0.2) is 0 Å². The van der Waals surface area contributed by atoms with Crippen LogP contribution in [0.2, 0.25) is 0 Å². The summed E-state index contributed by atoms with van der Waals surface area (Å²) in [7, 11) is 0. The molecule has 0 saturated heterocycles. The van der Waals surface area contributed by atoms with Crippen molar-refractivity contribution >= 4 is 11.8 Å². The zero-order chi connectivity index (χ0) is 15.8. The Morgan fingerprint density at radius 3 is 1.85 bits per heavy atom. The number of rotatable bonds is 10. The van der Waals surface area contributed by atoms with Crippen molar-refractivity contribution in [3.05, 3.63) is 12.8 Å². The van der Waals surface area contributed by atoms with Gasteiger partial charge in [0.1, 0.15) is 0 Å². The first-order valence-electron chi connectivity index (χ1n) is 7.76. The Labute approximate surface area is 124 Å². The highest BCUT2D eigenvalue weighted by atomic mass is 16.2. The zero-order valence-electron chi connectivity index (χ0n) is 13.6. The fourth-order valence-electron chi connectivity index (χ4n) is 1.68. The van der Waals surface area contributed by atoms with E-state index in [4.69, 9.17) is 0 Å². The minimum Gasteiger partial charge on any atom is -0.354 e. The first-order chi connectivity index (χ1) is 9.56. The van der Waals surface area contributed by atoms with Crippen LogP contribution in [0, 0.1) is 0 Å². The minimum atomic E-state index is 0.0290. The van der Waals surface area contributed by atoms with Gasteiger partial charge in [-0.1, -0.05) is 39.7 Å². The topological polar surface area (TPSA) is 58.2 Å². The minimum absolute atomic E-state index is 0.0290. The van der Waals surface area contributed by atoms with E-state index in [0.29, 0.717) is 12.8 Å². The summed E-state index contributed by atoms with van der Waals surface area (Å²) in [6.45, 7) is 11.4. The molecule has 0 spiro atoms. The number of carbonyl (C=O) groups excluding carboxylic acids is 2. The van der Waals surface area contributed by atoms with Crippen molar-refractivity contribution in [3.8, 4) is 0 Å². The van der Waals surface area contributed by atoms with Crippen LogP contribution in [0.5, 0.6) is 0 Å². The molecule has 2 N–H and O–H groups in total. The Bertz CT molecular complexity index is 263. The number of carbonyl (C=O) groups is 2. The van der Waals surface area contributed by atoms with Crippen LogP contribution in [0.1, 0.15) is 72.6 Å². The van der Waals surface area contributed by atoms with Gasteiger partial charge >= 0.3 is 0 Å². The Balaban J connectivity index is 0. The van der Waals surface area contributed by atoms with Crippen LogP contribution in [0.4, 0.5) is 0 Å². The second kappa shape index (κ2) is 15.7. The van der Waals surface area contributed by atoms with Gasteiger partial charge in [-0.2, -0.15) is 0 Å². The largest absolute Gasteiger partial charge is 0.354 e. The molecule has 4 nitrogen and oxygen atoms in total. The summed E-state index contributed by atoms with van der Waals surface area (Å²) in [6.07, 6.45) is 7.57. The van der Waals surface area contributed by atoms with Gasteiger partial charge in [0.25, 0.3) is 0 Å². The van der Waals surface area contributed by atoms with Gasteiger partial charge in [0.05, 0.1) is 0 Å². The van der Waals surface area contributed by atoms with Crippen molar-refractivity contribution in [1.29, 1.82) is 0 Å². The SMILES string of the molecule is C=CNC(=O)CCCCCCCC(=O)NC(C)C.CC. The molecular formula is C16H32N2O2. The molecule has 0 heterocycles. The number of hydrogen-bond donors (Lipinski definition) is 2. The van der Waals surface area contributed by atoms with Crippen molar-refractivity contribution in [2.75, 3.05) is 0 Å².